The number of unbranched alkanes of at least 4 members (excludes halogenated alkanes) is 2. The van der Waals surface area contributed by atoms with Gasteiger partial charge in [-0.3, -0.25) is 9.59 Å². The highest BCUT2D eigenvalue weighted by atomic mass is 16.6. The van der Waals surface area contributed by atoms with Crippen LogP contribution in [0.5, 0.6) is 0 Å². The Morgan fingerprint density at radius 1 is 0.786 bits per heavy atom. The number of carbonyl (C=O) groups excluding carboxylic acids is 3. The van der Waals surface area contributed by atoms with Crippen molar-refractivity contribution < 1.29 is 28.6 Å². The van der Waals surface area contributed by atoms with E-state index < -0.39 is 24.0 Å². The van der Waals surface area contributed by atoms with Gasteiger partial charge in [0.1, 0.15) is 0 Å². The molecule has 28 heavy (non-hydrogen) atoms. The normalized spacial score (nSPS) is 14.0. The minimum Gasteiger partial charge on any atom is -0.465 e. The van der Waals surface area contributed by atoms with Crippen molar-refractivity contribution in [1.29, 1.82) is 0 Å². The average Bonchev–Trinajstić information content (AvgIpc) is 2.67. The van der Waals surface area contributed by atoms with Crippen LogP contribution in [0.15, 0.2) is 0 Å². The van der Waals surface area contributed by atoms with E-state index in [9.17, 15) is 14.4 Å². The van der Waals surface area contributed by atoms with Gasteiger partial charge < -0.3 is 14.2 Å². The van der Waals surface area contributed by atoms with E-state index in [1.807, 2.05) is 0 Å². The second-order valence-electron chi connectivity index (χ2n) is 7.45. The third-order valence-corrected chi connectivity index (χ3v) is 4.95. The van der Waals surface area contributed by atoms with Crippen molar-refractivity contribution in [2.24, 2.45) is 11.8 Å². The predicted octanol–water partition coefficient (Wildman–Crippen LogP) is 4.83. The molecule has 0 fully saturated rings. The van der Waals surface area contributed by atoms with Gasteiger partial charge in [-0.05, 0) is 24.7 Å². The van der Waals surface area contributed by atoms with E-state index in [4.69, 9.17) is 14.2 Å². The lowest BCUT2D eigenvalue weighted by molar-refractivity contribution is -0.172. The van der Waals surface area contributed by atoms with E-state index in [0.29, 0.717) is 12.5 Å². The summed E-state index contributed by atoms with van der Waals surface area (Å²) in [6, 6.07) is 0. The number of esters is 3. The van der Waals surface area contributed by atoms with Crippen molar-refractivity contribution in [2.45, 2.75) is 98.5 Å². The molecular weight excluding hydrogens is 360 g/mol. The average molecular weight is 401 g/mol. The van der Waals surface area contributed by atoms with Crippen molar-refractivity contribution >= 4 is 17.9 Å². The maximum atomic E-state index is 12.3. The quantitative estimate of drug-likeness (QED) is 0.273. The molecule has 3 atom stereocenters. The highest BCUT2D eigenvalue weighted by Crippen LogP contribution is 2.16. The van der Waals surface area contributed by atoms with Gasteiger partial charge in [0.05, 0.1) is 19.6 Å². The largest absolute Gasteiger partial charge is 0.465 e. The highest BCUT2D eigenvalue weighted by molar-refractivity contribution is 5.84. The second kappa shape index (κ2) is 16.4. The summed E-state index contributed by atoms with van der Waals surface area (Å²) < 4.78 is 15.7. The van der Waals surface area contributed by atoms with Gasteiger partial charge in [0.2, 0.25) is 6.10 Å². The molecule has 0 aliphatic rings. The first-order chi connectivity index (χ1) is 13.4. The van der Waals surface area contributed by atoms with Crippen LogP contribution in [0.2, 0.25) is 0 Å². The maximum Gasteiger partial charge on any atom is 0.348 e. The second-order valence-corrected chi connectivity index (χ2v) is 7.45. The molecule has 6 nitrogen and oxygen atoms in total. The van der Waals surface area contributed by atoms with Crippen LogP contribution in [0, 0.1) is 11.8 Å². The molecule has 0 bridgehead atoms. The Kier molecular flexibility index (Phi) is 15.4. The molecule has 164 valence electrons. The molecule has 0 spiro atoms. The molecule has 0 aromatic rings. The summed E-state index contributed by atoms with van der Waals surface area (Å²) >= 11 is 0. The molecule has 0 N–H and O–H groups in total. The first kappa shape index (κ1) is 26.4. The highest BCUT2D eigenvalue weighted by Gasteiger charge is 2.28. The number of rotatable bonds is 16. The molecule has 0 saturated carbocycles. The lowest BCUT2D eigenvalue weighted by Crippen LogP contribution is -2.33. The Labute approximate surface area is 170 Å². The van der Waals surface area contributed by atoms with Crippen molar-refractivity contribution in [3.8, 4) is 0 Å². The molecule has 0 amide bonds. The van der Waals surface area contributed by atoms with Crippen molar-refractivity contribution in [3.63, 3.8) is 0 Å². The summed E-state index contributed by atoms with van der Waals surface area (Å²) in [5.74, 6) is -1.26. The number of ether oxygens (including phenoxy) is 3. The van der Waals surface area contributed by atoms with Gasteiger partial charge in [0.15, 0.2) is 0 Å². The van der Waals surface area contributed by atoms with Crippen LogP contribution in [0.4, 0.5) is 0 Å². The van der Waals surface area contributed by atoms with Crippen LogP contribution in [-0.2, 0) is 28.6 Å². The Balaban J connectivity index is 4.59. The van der Waals surface area contributed by atoms with Crippen molar-refractivity contribution in [2.75, 3.05) is 13.2 Å². The minimum absolute atomic E-state index is 0.275. The summed E-state index contributed by atoms with van der Waals surface area (Å²) in [5, 5.41) is 0. The molecule has 0 rings (SSSR count). The van der Waals surface area contributed by atoms with Gasteiger partial charge in [-0.2, -0.15) is 0 Å². The fourth-order valence-corrected chi connectivity index (χ4v) is 2.88. The zero-order valence-corrected chi connectivity index (χ0v) is 18.5. The molecular formula is C22H40O6. The number of hydrogen-bond acceptors (Lipinski definition) is 6. The van der Waals surface area contributed by atoms with Gasteiger partial charge in [-0.15, -0.1) is 0 Å². The van der Waals surface area contributed by atoms with Crippen LogP contribution in [0.25, 0.3) is 0 Å². The molecule has 0 aliphatic heterocycles. The first-order valence-corrected chi connectivity index (χ1v) is 10.9. The fourth-order valence-electron chi connectivity index (χ4n) is 2.88. The molecule has 6 heteroatoms. The SMILES string of the molecule is CCCCC(CC)COC(=O)CC(OC(C)=O)C(=O)OCC(CC)CCCC. The zero-order chi connectivity index (χ0) is 21.4. The Morgan fingerprint density at radius 3 is 1.71 bits per heavy atom. The maximum absolute atomic E-state index is 12.3. The fraction of sp³-hybridized carbons (Fsp3) is 0.864. The van der Waals surface area contributed by atoms with Crippen LogP contribution >= 0.6 is 0 Å². The first-order valence-electron chi connectivity index (χ1n) is 10.9. The van der Waals surface area contributed by atoms with E-state index in [1.54, 1.807) is 0 Å². The van der Waals surface area contributed by atoms with E-state index in [-0.39, 0.29) is 18.9 Å². The van der Waals surface area contributed by atoms with E-state index in [2.05, 4.69) is 27.7 Å². The zero-order valence-electron chi connectivity index (χ0n) is 18.5. The van der Waals surface area contributed by atoms with Crippen molar-refractivity contribution in [1.82, 2.24) is 0 Å². The Hall–Kier alpha value is -1.59. The number of hydrogen-bond donors (Lipinski definition) is 0. The molecule has 0 aromatic heterocycles. The molecule has 0 radical (unpaired) electrons. The summed E-state index contributed by atoms with van der Waals surface area (Å²) in [6.07, 6.45) is 6.62. The van der Waals surface area contributed by atoms with E-state index in [0.717, 1.165) is 51.4 Å². The lowest BCUT2D eigenvalue weighted by atomic mass is 10.0. The third kappa shape index (κ3) is 12.7. The molecule has 0 heterocycles. The summed E-state index contributed by atoms with van der Waals surface area (Å²) in [6.45, 7) is 10.2. The van der Waals surface area contributed by atoms with Crippen LogP contribution in [0.1, 0.15) is 92.4 Å². The lowest BCUT2D eigenvalue weighted by Gasteiger charge is -2.19. The molecule has 3 unspecified atom stereocenters. The molecule has 0 aliphatic carbocycles. The van der Waals surface area contributed by atoms with E-state index >= 15 is 0 Å². The van der Waals surface area contributed by atoms with Crippen LogP contribution in [0.3, 0.4) is 0 Å². The molecule has 0 saturated heterocycles. The number of carbonyl (C=O) groups is 3. The van der Waals surface area contributed by atoms with Gasteiger partial charge >= 0.3 is 17.9 Å². The minimum atomic E-state index is -1.25. The smallest absolute Gasteiger partial charge is 0.348 e. The van der Waals surface area contributed by atoms with Crippen molar-refractivity contribution in [3.05, 3.63) is 0 Å². The topological polar surface area (TPSA) is 78.9 Å². The summed E-state index contributed by atoms with van der Waals surface area (Å²) in [5.41, 5.74) is 0. The monoisotopic (exact) mass is 400 g/mol. The van der Waals surface area contributed by atoms with Gasteiger partial charge in [-0.1, -0.05) is 66.2 Å². The Morgan fingerprint density at radius 2 is 1.29 bits per heavy atom. The van der Waals surface area contributed by atoms with Crippen LogP contribution < -0.4 is 0 Å². The molecule has 0 aromatic carbocycles. The van der Waals surface area contributed by atoms with Gasteiger partial charge in [0, 0.05) is 6.92 Å². The van der Waals surface area contributed by atoms with Gasteiger partial charge in [0.25, 0.3) is 0 Å². The summed E-state index contributed by atoms with van der Waals surface area (Å²) in [4.78, 5) is 35.8. The summed E-state index contributed by atoms with van der Waals surface area (Å²) in [7, 11) is 0. The third-order valence-electron chi connectivity index (χ3n) is 4.95. The van der Waals surface area contributed by atoms with Gasteiger partial charge in [-0.25, -0.2) is 4.79 Å². The van der Waals surface area contributed by atoms with Crippen LogP contribution in [-0.4, -0.2) is 37.2 Å². The Bertz CT molecular complexity index is 448. The predicted molar refractivity (Wildman–Crippen MR) is 109 cm³/mol. The standard InChI is InChI=1S/C22H40O6/c1-6-10-12-18(8-3)15-26-21(24)14-20(28-17(5)23)22(25)27-16-19(9-4)13-11-7-2/h18-20H,6-16H2,1-5H3. The van der Waals surface area contributed by atoms with E-state index in [1.165, 1.54) is 6.92 Å².